The summed E-state index contributed by atoms with van der Waals surface area (Å²) in [6, 6.07) is 6.68. The fourth-order valence-electron chi connectivity index (χ4n) is 4.22. The highest BCUT2D eigenvalue weighted by Crippen LogP contribution is 2.33. The molecule has 144 valence electrons. The van der Waals surface area contributed by atoms with Crippen molar-refractivity contribution in [1.82, 2.24) is 20.0 Å². The number of hydrogen-bond acceptors (Lipinski definition) is 4. The predicted octanol–water partition coefficient (Wildman–Crippen LogP) is 2.61. The molecule has 0 saturated carbocycles. The fourth-order valence-corrected chi connectivity index (χ4v) is 4.22. The van der Waals surface area contributed by atoms with Crippen LogP contribution in [0.25, 0.3) is 10.9 Å². The van der Waals surface area contributed by atoms with Crippen molar-refractivity contribution >= 4 is 28.7 Å². The van der Waals surface area contributed by atoms with Crippen molar-refractivity contribution in [1.29, 1.82) is 0 Å². The summed E-state index contributed by atoms with van der Waals surface area (Å²) >= 11 is 0. The summed E-state index contributed by atoms with van der Waals surface area (Å²) in [7, 11) is 1.91. The minimum Gasteiger partial charge on any atom is -0.301 e. The number of carbonyl (C=O) groups excluding carboxylic acids is 2. The summed E-state index contributed by atoms with van der Waals surface area (Å²) in [6.45, 7) is 7.16. The van der Waals surface area contributed by atoms with E-state index in [1.54, 1.807) is 4.90 Å². The van der Waals surface area contributed by atoms with Gasteiger partial charge in [0.2, 0.25) is 5.91 Å². The molecular formula is C20H27N5O2. The Morgan fingerprint density at radius 3 is 2.56 bits per heavy atom. The van der Waals surface area contributed by atoms with Gasteiger partial charge in [-0.15, -0.1) is 0 Å². The molecule has 3 amide bonds. The molecule has 4 rings (SSSR count). The van der Waals surface area contributed by atoms with Crippen LogP contribution in [0.5, 0.6) is 0 Å². The van der Waals surface area contributed by atoms with Gasteiger partial charge in [0.25, 0.3) is 0 Å². The molecule has 2 aliphatic heterocycles. The first-order valence-corrected chi connectivity index (χ1v) is 9.76. The van der Waals surface area contributed by atoms with Crippen LogP contribution in [0.2, 0.25) is 0 Å². The average Bonchev–Trinajstić information content (AvgIpc) is 2.98. The minimum absolute atomic E-state index is 0.230. The van der Waals surface area contributed by atoms with Gasteiger partial charge >= 0.3 is 6.03 Å². The van der Waals surface area contributed by atoms with E-state index in [0.29, 0.717) is 30.7 Å². The number of likely N-dealkylation sites (tertiary alicyclic amines) is 1. The van der Waals surface area contributed by atoms with E-state index in [1.165, 1.54) is 18.4 Å². The fraction of sp³-hybridized carbons (Fsp3) is 0.550. The Bertz CT molecular complexity index is 880. The van der Waals surface area contributed by atoms with Crippen LogP contribution in [-0.2, 0) is 11.8 Å². The van der Waals surface area contributed by atoms with Crippen molar-refractivity contribution in [2.75, 3.05) is 24.5 Å². The van der Waals surface area contributed by atoms with Gasteiger partial charge in [-0.25, -0.2) is 4.79 Å². The number of nitrogens with zero attached hydrogens (tertiary/aromatic N) is 4. The maximum atomic E-state index is 12.2. The van der Waals surface area contributed by atoms with Crippen LogP contribution in [0.15, 0.2) is 18.2 Å². The van der Waals surface area contributed by atoms with Gasteiger partial charge in [0.15, 0.2) is 5.82 Å². The molecule has 27 heavy (non-hydrogen) atoms. The SMILES string of the molecule is CC(C)N1CCC(c2ccc3c(N4CCC(=O)NC4=O)nn(C)c3c2)CC1. The van der Waals surface area contributed by atoms with Gasteiger partial charge in [-0.1, -0.05) is 6.07 Å². The summed E-state index contributed by atoms with van der Waals surface area (Å²) in [5.74, 6) is 0.962. The molecule has 7 heteroatoms. The number of amides is 3. The third kappa shape index (κ3) is 3.32. The zero-order valence-electron chi connectivity index (χ0n) is 16.2. The second-order valence-corrected chi connectivity index (χ2v) is 7.88. The van der Waals surface area contributed by atoms with Gasteiger partial charge in [-0.05, 0) is 63.4 Å². The maximum absolute atomic E-state index is 12.2. The topological polar surface area (TPSA) is 70.5 Å². The second kappa shape index (κ2) is 6.96. The van der Waals surface area contributed by atoms with E-state index in [2.05, 4.69) is 47.4 Å². The van der Waals surface area contributed by atoms with Crippen molar-refractivity contribution in [3.05, 3.63) is 23.8 Å². The Morgan fingerprint density at radius 1 is 1.15 bits per heavy atom. The lowest BCUT2D eigenvalue weighted by atomic mass is 9.88. The third-order valence-corrected chi connectivity index (χ3v) is 5.90. The molecule has 0 unspecified atom stereocenters. The molecule has 0 spiro atoms. The molecular weight excluding hydrogens is 342 g/mol. The lowest BCUT2D eigenvalue weighted by molar-refractivity contribution is -0.120. The van der Waals surface area contributed by atoms with Crippen molar-refractivity contribution in [2.24, 2.45) is 7.05 Å². The van der Waals surface area contributed by atoms with Crippen LogP contribution in [0.4, 0.5) is 10.6 Å². The zero-order chi connectivity index (χ0) is 19.1. The third-order valence-electron chi connectivity index (χ3n) is 5.90. The highest BCUT2D eigenvalue weighted by Gasteiger charge is 2.28. The van der Waals surface area contributed by atoms with E-state index in [9.17, 15) is 9.59 Å². The predicted molar refractivity (Wildman–Crippen MR) is 105 cm³/mol. The van der Waals surface area contributed by atoms with Crippen LogP contribution in [0, 0.1) is 0 Å². The Balaban J connectivity index is 1.60. The molecule has 0 radical (unpaired) electrons. The molecule has 0 aliphatic carbocycles. The van der Waals surface area contributed by atoms with E-state index < -0.39 is 6.03 Å². The number of urea groups is 1. The van der Waals surface area contributed by atoms with Gasteiger partial charge in [0, 0.05) is 31.4 Å². The summed E-state index contributed by atoms with van der Waals surface area (Å²) < 4.78 is 1.83. The Morgan fingerprint density at radius 2 is 1.89 bits per heavy atom. The number of hydrogen-bond donors (Lipinski definition) is 1. The standard InChI is InChI=1S/C20H27N5O2/c1-13(2)24-9-6-14(7-10-24)15-4-5-16-17(12-15)23(3)22-19(16)25-11-8-18(26)21-20(25)27/h4-5,12-14H,6-11H2,1-3H3,(H,21,26,27). The molecule has 1 aromatic carbocycles. The largest absolute Gasteiger partial charge is 0.329 e. The first kappa shape index (κ1) is 18.0. The van der Waals surface area contributed by atoms with E-state index >= 15 is 0 Å². The van der Waals surface area contributed by atoms with Gasteiger partial charge in [-0.2, -0.15) is 5.10 Å². The zero-order valence-corrected chi connectivity index (χ0v) is 16.2. The molecule has 1 aromatic heterocycles. The smallest absolute Gasteiger partial charge is 0.301 e. The van der Waals surface area contributed by atoms with E-state index in [1.807, 2.05) is 11.7 Å². The van der Waals surface area contributed by atoms with Gasteiger partial charge in [0.1, 0.15) is 0 Å². The molecule has 2 aliphatic rings. The average molecular weight is 369 g/mol. The highest BCUT2D eigenvalue weighted by molar-refractivity contribution is 6.08. The summed E-state index contributed by atoms with van der Waals surface area (Å²) in [5, 5.41) is 7.89. The maximum Gasteiger partial charge on any atom is 0.329 e. The first-order chi connectivity index (χ1) is 12.9. The van der Waals surface area contributed by atoms with Crippen molar-refractivity contribution in [3.8, 4) is 0 Å². The second-order valence-electron chi connectivity index (χ2n) is 7.88. The summed E-state index contributed by atoms with van der Waals surface area (Å²) in [5.41, 5.74) is 2.37. The molecule has 1 N–H and O–H groups in total. The van der Waals surface area contributed by atoms with Crippen LogP contribution in [0.3, 0.4) is 0 Å². The molecule has 0 bridgehead atoms. The quantitative estimate of drug-likeness (QED) is 0.903. The number of piperidine rings is 1. The van der Waals surface area contributed by atoms with Crippen LogP contribution in [0.1, 0.15) is 44.6 Å². The number of benzene rings is 1. The Hall–Kier alpha value is -2.41. The van der Waals surface area contributed by atoms with Gasteiger partial charge < -0.3 is 4.90 Å². The number of rotatable bonds is 3. The van der Waals surface area contributed by atoms with E-state index in [4.69, 9.17) is 0 Å². The van der Waals surface area contributed by atoms with Crippen LogP contribution in [-0.4, -0.2) is 52.3 Å². The Kier molecular flexibility index (Phi) is 4.63. The van der Waals surface area contributed by atoms with Crippen molar-refractivity contribution < 1.29 is 9.59 Å². The van der Waals surface area contributed by atoms with Crippen LogP contribution >= 0.6 is 0 Å². The number of fused-ring (bicyclic) bond motifs is 1. The number of carbonyl (C=O) groups is 2. The van der Waals surface area contributed by atoms with Gasteiger partial charge in [0.05, 0.1) is 5.52 Å². The summed E-state index contributed by atoms with van der Waals surface area (Å²) in [4.78, 5) is 27.7. The minimum atomic E-state index is -0.392. The normalized spacial score (nSPS) is 19.9. The molecule has 7 nitrogen and oxygen atoms in total. The van der Waals surface area contributed by atoms with Crippen molar-refractivity contribution in [3.63, 3.8) is 0 Å². The number of nitrogens with one attached hydrogen (secondary N) is 1. The van der Waals surface area contributed by atoms with Crippen LogP contribution < -0.4 is 10.2 Å². The Labute approximate surface area is 159 Å². The molecule has 2 saturated heterocycles. The van der Waals surface area contributed by atoms with Gasteiger partial charge in [-0.3, -0.25) is 19.7 Å². The number of imide groups is 1. The molecule has 2 fully saturated rings. The monoisotopic (exact) mass is 369 g/mol. The lowest BCUT2D eigenvalue weighted by Gasteiger charge is -2.34. The molecule has 0 atom stereocenters. The van der Waals surface area contributed by atoms with E-state index in [0.717, 1.165) is 24.0 Å². The lowest BCUT2D eigenvalue weighted by Crippen LogP contribution is -2.49. The number of aromatic nitrogens is 2. The molecule has 3 heterocycles. The van der Waals surface area contributed by atoms with Crippen molar-refractivity contribution in [2.45, 2.75) is 45.1 Å². The highest BCUT2D eigenvalue weighted by atomic mass is 16.2. The number of anilines is 1. The summed E-state index contributed by atoms with van der Waals surface area (Å²) in [6.07, 6.45) is 2.65. The number of aryl methyl sites for hydroxylation is 1. The molecule has 2 aromatic rings. The first-order valence-electron chi connectivity index (χ1n) is 9.76. The van der Waals surface area contributed by atoms with E-state index in [-0.39, 0.29) is 5.91 Å².